The second kappa shape index (κ2) is 7.03. The molecule has 1 aliphatic rings. The first-order valence-corrected chi connectivity index (χ1v) is 9.12. The van der Waals surface area contributed by atoms with Gasteiger partial charge in [0, 0.05) is 32.4 Å². The molecule has 136 valence electrons. The fraction of sp³-hybridized carbons (Fsp3) is 0.400. The third-order valence-electron chi connectivity index (χ3n) is 5.43. The first kappa shape index (κ1) is 17.0. The predicted octanol–water partition coefficient (Wildman–Crippen LogP) is 3.22. The van der Waals surface area contributed by atoms with E-state index in [9.17, 15) is 4.39 Å². The van der Waals surface area contributed by atoms with Crippen LogP contribution in [0.5, 0.6) is 0 Å². The van der Waals surface area contributed by atoms with Crippen molar-refractivity contribution in [2.75, 3.05) is 25.0 Å². The Morgan fingerprint density at radius 1 is 1.19 bits per heavy atom. The standard InChI is InChI=1S/C20H24FN5/c1-15-10-12-25(13-16-7-4-3-5-8-16)14-18(15)24(2)19-17-9-6-11-26(17)23-20(21)22-19/h3-9,11,15,18H,10,12-14H2,1-2H3/t15-,18+/m1/s1. The van der Waals surface area contributed by atoms with Gasteiger partial charge in [0.2, 0.25) is 0 Å². The highest BCUT2D eigenvalue weighted by Crippen LogP contribution is 2.28. The van der Waals surface area contributed by atoms with Crippen molar-refractivity contribution >= 4 is 11.3 Å². The molecular weight excluding hydrogens is 329 g/mol. The average molecular weight is 353 g/mol. The highest BCUT2D eigenvalue weighted by molar-refractivity contribution is 5.68. The number of hydrogen-bond acceptors (Lipinski definition) is 4. The molecule has 4 rings (SSSR count). The van der Waals surface area contributed by atoms with Crippen LogP contribution in [0.15, 0.2) is 48.7 Å². The largest absolute Gasteiger partial charge is 0.353 e. The number of likely N-dealkylation sites (tertiary alicyclic amines) is 1. The van der Waals surface area contributed by atoms with E-state index in [1.54, 1.807) is 10.7 Å². The molecule has 3 aromatic rings. The first-order valence-electron chi connectivity index (χ1n) is 9.12. The lowest BCUT2D eigenvalue weighted by Crippen LogP contribution is -2.51. The summed E-state index contributed by atoms with van der Waals surface area (Å²) in [5.74, 6) is 1.17. The third-order valence-corrected chi connectivity index (χ3v) is 5.43. The molecule has 2 atom stereocenters. The summed E-state index contributed by atoms with van der Waals surface area (Å²) < 4.78 is 15.4. The molecule has 5 nitrogen and oxygen atoms in total. The molecule has 3 heterocycles. The SMILES string of the molecule is C[C@@H]1CCN(Cc2ccccc2)C[C@@H]1N(C)c1nc(F)nn2cccc12. The van der Waals surface area contributed by atoms with E-state index in [4.69, 9.17) is 0 Å². The molecule has 1 aliphatic heterocycles. The molecule has 0 amide bonds. The number of hydrogen-bond donors (Lipinski definition) is 0. The summed E-state index contributed by atoms with van der Waals surface area (Å²) in [6, 6.07) is 14.6. The van der Waals surface area contributed by atoms with Gasteiger partial charge in [-0.2, -0.15) is 9.37 Å². The molecule has 1 saturated heterocycles. The van der Waals surface area contributed by atoms with Crippen molar-refractivity contribution in [2.24, 2.45) is 5.92 Å². The molecule has 0 saturated carbocycles. The van der Waals surface area contributed by atoms with Crippen molar-refractivity contribution in [3.8, 4) is 0 Å². The molecule has 0 radical (unpaired) electrons. The molecule has 1 aromatic carbocycles. The van der Waals surface area contributed by atoms with Crippen molar-refractivity contribution < 1.29 is 4.39 Å². The Morgan fingerprint density at radius 3 is 2.81 bits per heavy atom. The van der Waals surface area contributed by atoms with Gasteiger partial charge < -0.3 is 4.90 Å². The number of fused-ring (bicyclic) bond motifs is 1. The highest BCUT2D eigenvalue weighted by Gasteiger charge is 2.31. The Bertz CT molecular complexity index is 878. The smallest absolute Gasteiger partial charge is 0.327 e. The quantitative estimate of drug-likeness (QED) is 0.722. The minimum absolute atomic E-state index is 0.278. The number of piperidine rings is 1. The lowest BCUT2D eigenvalue weighted by Gasteiger charge is -2.42. The summed E-state index contributed by atoms with van der Waals surface area (Å²) in [6.45, 7) is 5.23. The van der Waals surface area contributed by atoms with E-state index in [-0.39, 0.29) is 6.04 Å². The minimum atomic E-state index is -0.694. The van der Waals surface area contributed by atoms with Crippen LogP contribution in [0, 0.1) is 12.0 Å². The monoisotopic (exact) mass is 353 g/mol. The number of anilines is 1. The fourth-order valence-corrected chi connectivity index (χ4v) is 3.91. The van der Waals surface area contributed by atoms with Crippen molar-refractivity contribution in [2.45, 2.75) is 25.9 Å². The summed E-state index contributed by atoms with van der Waals surface area (Å²) in [6.07, 6.45) is 2.18. The maximum Gasteiger partial charge on any atom is 0.327 e. The van der Waals surface area contributed by atoms with Crippen LogP contribution in [-0.4, -0.2) is 45.7 Å². The maximum absolute atomic E-state index is 13.9. The van der Waals surface area contributed by atoms with Crippen LogP contribution in [0.25, 0.3) is 5.52 Å². The molecule has 1 fully saturated rings. The number of likely N-dealkylation sites (N-methyl/N-ethyl adjacent to an activating group) is 1. The van der Waals surface area contributed by atoms with Crippen LogP contribution in [0.4, 0.5) is 10.2 Å². The lowest BCUT2D eigenvalue weighted by molar-refractivity contribution is 0.159. The van der Waals surface area contributed by atoms with Crippen LogP contribution in [0.1, 0.15) is 18.9 Å². The Hall–Kier alpha value is -2.47. The summed E-state index contributed by atoms with van der Waals surface area (Å²) in [4.78, 5) is 8.70. The van der Waals surface area contributed by atoms with E-state index >= 15 is 0 Å². The number of rotatable bonds is 4. The maximum atomic E-state index is 13.9. The normalized spacial score (nSPS) is 21.2. The topological polar surface area (TPSA) is 36.7 Å². The summed E-state index contributed by atoms with van der Waals surface area (Å²) in [5.41, 5.74) is 2.16. The van der Waals surface area contributed by atoms with Crippen LogP contribution in [-0.2, 0) is 6.54 Å². The van der Waals surface area contributed by atoms with Gasteiger partial charge in [0.15, 0.2) is 5.82 Å². The summed E-state index contributed by atoms with van der Waals surface area (Å²) in [5, 5.41) is 3.82. The Balaban J connectivity index is 1.57. The zero-order valence-corrected chi connectivity index (χ0v) is 15.2. The summed E-state index contributed by atoms with van der Waals surface area (Å²) >= 11 is 0. The fourth-order valence-electron chi connectivity index (χ4n) is 3.91. The molecular formula is C20H24FN5. The van der Waals surface area contributed by atoms with Gasteiger partial charge in [-0.05, 0) is 36.6 Å². The van der Waals surface area contributed by atoms with Gasteiger partial charge in [-0.1, -0.05) is 37.3 Å². The van der Waals surface area contributed by atoms with Gasteiger partial charge in [-0.3, -0.25) is 4.90 Å². The van der Waals surface area contributed by atoms with E-state index in [0.29, 0.717) is 11.7 Å². The molecule has 0 spiro atoms. The highest BCUT2D eigenvalue weighted by atomic mass is 19.1. The number of halogens is 1. The predicted molar refractivity (Wildman–Crippen MR) is 101 cm³/mol. The summed E-state index contributed by atoms with van der Waals surface area (Å²) in [7, 11) is 2.02. The molecule has 26 heavy (non-hydrogen) atoms. The zero-order chi connectivity index (χ0) is 18.1. The molecule has 2 aromatic heterocycles. The molecule has 6 heteroatoms. The van der Waals surface area contributed by atoms with Gasteiger partial charge in [-0.25, -0.2) is 4.52 Å². The second-order valence-corrected chi connectivity index (χ2v) is 7.21. The van der Waals surface area contributed by atoms with E-state index in [0.717, 1.165) is 31.6 Å². The molecule has 0 aliphatic carbocycles. The Labute approximate surface area is 153 Å². The Kier molecular flexibility index (Phi) is 4.59. The molecule has 0 unspecified atom stereocenters. The van der Waals surface area contributed by atoms with E-state index in [1.165, 1.54) is 5.56 Å². The number of benzene rings is 1. The van der Waals surface area contributed by atoms with Gasteiger partial charge in [0.1, 0.15) is 5.52 Å². The van der Waals surface area contributed by atoms with E-state index in [1.807, 2.05) is 25.2 Å². The van der Waals surface area contributed by atoms with Gasteiger partial charge in [-0.15, -0.1) is 5.10 Å². The molecule has 0 N–H and O–H groups in total. The number of nitrogens with zero attached hydrogens (tertiary/aromatic N) is 5. The second-order valence-electron chi connectivity index (χ2n) is 7.21. The lowest BCUT2D eigenvalue weighted by atomic mass is 9.92. The van der Waals surface area contributed by atoms with Crippen molar-refractivity contribution in [1.29, 1.82) is 0 Å². The van der Waals surface area contributed by atoms with Gasteiger partial charge in [0.05, 0.1) is 0 Å². The van der Waals surface area contributed by atoms with Gasteiger partial charge >= 0.3 is 6.08 Å². The zero-order valence-electron chi connectivity index (χ0n) is 15.2. The first-order chi connectivity index (χ1) is 12.6. The van der Waals surface area contributed by atoms with Crippen molar-refractivity contribution in [3.05, 3.63) is 60.3 Å². The average Bonchev–Trinajstić information content (AvgIpc) is 3.11. The van der Waals surface area contributed by atoms with Gasteiger partial charge in [0.25, 0.3) is 0 Å². The number of aromatic nitrogens is 3. The van der Waals surface area contributed by atoms with Crippen LogP contribution >= 0.6 is 0 Å². The third kappa shape index (κ3) is 3.29. The Morgan fingerprint density at radius 2 is 2.00 bits per heavy atom. The van der Waals surface area contributed by atoms with Crippen LogP contribution in [0.2, 0.25) is 0 Å². The van der Waals surface area contributed by atoms with E-state index in [2.05, 4.69) is 51.1 Å². The minimum Gasteiger partial charge on any atom is -0.353 e. The van der Waals surface area contributed by atoms with Crippen LogP contribution in [0.3, 0.4) is 0 Å². The van der Waals surface area contributed by atoms with Crippen molar-refractivity contribution in [3.63, 3.8) is 0 Å². The van der Waals surface area contributed by atoms with Crippen molar-refractivity contribution in [1.82, 2.24) is 19.5 Å². The van der Waals surface area contributed by atoms with Crippen LogP contribution < -0.4 is 4.90 Å². The molecule has 0 bridgehead atoms. The van der Waals surface area contributed by atoms with E-state index < -0.39 is 6.08 Å².